The minimum absolute atomic E-state index is 0.0489. The Balaban J connectivity index is 2.62. The van der Waals surface area contributed by atoms with Crippen LogP contribution < -0.4 is 5.14 Å². The van der Waals surface area contributed by atoms with Gasteiger partial charge in [-0.2, -0.15) is 0 Å². The van der Waals surface area contributed by atoms with Crippen molar-refractivity contribution in [1.82, 2.24) is 0 Å². The van der Waals surface area contributed by atoms with E-state index in [4.69, 9.17) is 14.7 Å². The van der Waals surface area contributed by atoms with Gasteiger partial charge >= 0.3 is 0 Å². The monoisotopic (exact) mass is 260 g/mol. The van der Waals surface area contributed by atoms with Gasteiger partial charge in [0.25, 0.3) is 5.90 Å². The Hall–Kier alpha value is -1.67. The van der Waals surface area contributed by atoms with E-state index in [0.717, 1.165) is 6.07 Å². The number of hydrogen-bond donors (Lipinski definition) is 1. The molecule has 1 aromatic rings. The van der Waals surface area contributed by atoms with Crippen molar-refractivity contribution in [3.63, 3.8) is 0 Å². The third-order valence-corrected chi connectivity index (χ3v) is 3.03. The second-order valence-corrected chi connectivity index (χ2v) is 4.74. The van der Waals surface area contributed by atoms with E-state index < -0.39 is 20.7 Å². The number of sulfonamides is 1. The summed E-state index contributed by atoms with van der Waals surface area (Å²) in [5, 5.41) is 8.47. The fourth-order valence-electron chi connectivity index (χ4n) is 1.40. The van der Waals surface area contributed by atoms with Crippen LogP contribution in [0.2, 0.25) is 0 Å². The summed E-state index contributed by atoms with van der Waals surface area (Å²) >= 11 is 0. The van der Waals surface area contributed by atoms with E-state index in [1.165, 1.54) is 12.1 Å². The third kappa shape index (κ3) is 2.37. The number of hydrogen-bond acceptors (Lipinski definition) is 5. The largest absolute Gasteiger partial charge is 0.471 e. The number of benzene rings is 1. The fourth-order valence-corrected chi connectivity index (χ4v) is 2.20. The highest BCUT2D eigenvalue weighted by Crippen LogP contribution is 2.20. The maximum atomic E-state index is 13.5. The lowest BCUT2D eigenvalue weighted by atomic mass is 10.2. The zero-order valence-corrected chi connectivity index (χ0v) is 9.41. The summed E-state index contributed by atoms with van der Waals surface area (Å²) in [4.78, 5) is 4.10. The number of nitrogens with two attached hydrogens (primary N) is 1. The summed E-state index contributed by atoms with van der Waals surface area (Å²) in [6.45, 7) is 0.461. The topological polar surface area (TPSA) is 91.0 Å². The Kier molecular flexibility index (Phi) is 2.99. The zero-order chi connectivity index (χ0) is 12.5. The number of halogens is 1. The first kappa shape index (κ1) is 11.8. The molecular formula is C9H9FN2O4S. The summed E-state index contributed by atoms with van der Waals surface area (Å²) in [6.07, 6.45) is 0. The molecular weight excluding hydrogens is 251 g/mol. The molecule has 2 N–H and O–H groups in total. The molecule has 6 nitrogen and oxygen atoms in total. The molecule has 1 aromatic carbocycles. The van der Waals surface area contributed by atoms with Gasteiger partial charge < -0.3 is 9.57 Å². The Morgan fingerprint density at radius 1 is 1.35 bits per heavy atom. The number of rotatable bonds is 2. The molecule has 0 aromatic heterocycles. The van der Waals surface area contributed by atoms with Crippen LogP contribution in [0.1, 0.15) is 5.56 Å². The van der Waals surface area contributed by atoms with Gasteiger partial charge in [-0.25, -0.2) is 17.9 Å². The van der Waals surface area contributed by atoms with Crippen molar-refractivity contribution in [2.24, 2.45) is 10.3 Å². The van der Waals surface area contributed by atoms with Crippen molar-refractivity contribution in [2.75, 3.05) is 13.2 Å². The zero-order valence-electron chi connectivity index (χ0n) is 8.59. The lowest BCUT2D eigenvalue weighted by molar-refractivity contribution is 0.0653. The number of primary sulfonamides is 1. The molecule has 17 heavy (non-hydrogen) atoms. The van der Waals surface area contributed by atoms with E-state index in [2.05, 4.69) is 5.16 Å². The summed E-state index contributed by atoms with van der Waals surface area (Å²) in [7, 11) is -4.20. The van der Waals surface area contributed by atoms with Crippen LogP contribution >= 0.6 is 0 Å². The predicted octanol–water partition coefficient (Wildman–Crippen LogP) is 0.182. The molecule has 1 aliphatic heterocycles. The van der Waals surface area contributed by atoms with E-state index in [-0.39, 0.29) is 24.7 Å². The molecule has 2 rings (SSSR count). The third-order valence-electron chi connectivity index (χ3n) is 2.04. The molecule has 0 aliphatic carbocycles. The van der Waals surface area contributed by atoms with E-state index in [1.807, 2.05) is 0 Å². The summed E-state index contributed by atoms with van der Waals surface area (Å²) in [6, 6.07) is 3.67. The van der Waals surface area contributed by atoms with Crippen LogP contribution in [-0.2, 0) is 19.6 Å². The van der Waals surface area contributed by atoms with Crippen LogP contribution in [0, 0.1) is 5.82 Å². The molecule has 0 radical (unpaired) electrons. The van der Waals surface area contributed by atoms with Crippen molar-refractivity contribution in [1.29, 1.82) is 0 Å². The summed E-state index contributed by atoms with van der Waals surface area (Å²) in [5.41, 5.74) is -0.0489. The van der Waals surface area contributed by atoms with Gasteiger partial charge in [0.15, 0.2) is 6.61 Å². The maximum absolute atomic E-state index is 13.5. The standard InChI is InChI=1S/C9H9FN2O4S/c10-7-3-1-2-6(8(7)17(11,13)14)9-12-16-5-4-15-9/h1-3H,4-5H2,(H2,11,13,14). The first-order chi connectivity index (χ1) is 8.00. The number of nitrogens with zero attached hydrogens (tertiary/aromatic N) is 1. The first-order valence-electron chi connectivity index (χ1n) is 4.64. The van der Waals surface area contributed by atoms with Gasteiger partial charge in [0.2, 0.25) is 10.0 Å². The number of oxime groups is 1. The molecule has 0 bridgehead atoms. The lowest BCUT2D eigenvalue weighted by Gasteiger charge is -2.15. The van der Waals surface area contributed by atoms with Crippen molar-refractivity contribution >= 4 is 15.9 Å². The van der Waals surface area contributed by atoms with Crippen LogP contribution in [0.15, 0.2) is 28.3 Å². The second kappa shape index (κ2) is 4.30. The van der Waals surface area contributed by atoms with Crippen molar-refractivity contribution < 1.29 is 22.4 Å². The highest BCUT2D eigenvalue weighted by molar-refractivity contribution is 7.89. The van der Waals surface area contributed by atoms with Gasteiger partial charge in [-0.05, 0) is 17.3 Å². The van der Waals surface area contributed by atoms with Crippen LogP contribution in [0.25, 0.3) is 0 Å². The molecule has 92 valence electrons. The van der Waals surface area contributed by atoms with Crippen LogP contribution in [-0.4, -0.2) is 27.5 Å². The molecule has 1 heterocycles. The highest BCUT2D eigenvalue weighted by atomic mass is 32.2. The molecule has 0 saturated heterocycles. The van der Waals surface area contributed by atoms with Gasteiger partial charge in [-0.3, -0.25) is 0 Å². The Morgan fingerprint density at radius 2 is 2.12 bits per heavy atom. The lowest BCUT2D eigenvalue weighted by Crippen LogP contribution is -2.23. The van der Waals surface area contributed by atoms with E-state index >= 15 is 0 Å². The molecule has 0 unspecified atom stereocenters. The van der Waals surface area contributed by atoms with Crippen LogP contribution in [0.3, 0.4) is 0 Å². The first-order valence-corrected chi connectivity index (χ1v) is 6.19. The Labute approximate surface area is 96.9 Å². The molecule has 0 spiro atoms. The minimum Gasteiger partial charge on any atom is -0.471 e. The van der Waals surface area contributed by atoms with E-state index in [0.29, 0.717) is 0 Å². The van der Waals surface area contributed by atoms with Crippen molar-refractivity contribution in [3.05, 3.63) is 29.6 Å². The number of ether oxygens (including phenoxy) is 1. The average Bonchev–Trinajstić information content (AvgIpc) is 2.28. The van der Waals surface area contributed by atoms with Crippen molar-refractivity contribution in [3.8, 4) is 0 Å². The van der Waals surface area contributed by atoms with Gasteiger partial charge in [0, 0.05) is 0 Å². The summed E-state index contributed by atoms with van der Waals surface area (Å²) < 4.78 is 41.2. The maximum Gasteiger partial charge on any atom is 0.259 e. The molecule has 0 saturated carbocycles. The fraction of sp³-hybridized carbons (Fsp3) is 0.222. The van der Waals surface area contributed by atoms with Gasteiger partial charge in [0.1, 0.15) is 17.3 Å². The highest BCUT2D eigenvalue weighted by Gasteiger charge is 2.24. The quantitative estimate of drug-likeness (QED) is 0.821. The van der Waals surface area contributed by atoms with Crippen LogP contribution in [0.4, 0.5) is 4.39 Å². The molecule has 8 heteroatoms. The average molecular weight is 260 g/mol. The summed E-state index contributed by atoms with van der Waals surface area (Å²) in [5.74, 6) is -1.05. The molecule has 1 aliphatic rings. The minimum atomic E-state index is -4.20. The Bertz CT molecular complexity index is 570. The van der Waals surface area contributed by atoms with Crippen molar-refractivity contribution in [2.45, 2.75) is 4.90 Å². The molecule has 0 atom stereocenters. The molecule has 0 amide bonds. The second-order valence-electron chi connectivity index (χ2n) is 3.24. The Morgan fingerprint density at radius 3 is 2.71 bits per heavy atom. The van der Waals surface area contributed by atoms with Crippen LogP contribution in [0.5, 0.6) is 0 Å². The molecule has 0 fully saturated rings. The van der Waals surface area contributed by atoms with Gasteiger partial charge in [0.05, 0.1) is 5.56 Å². The normalized spacial score (nSPS) is 15.8. The smallest absolute Gasteiger partial charge is 0.259 e. The van der Waals surface area contributed by atoms with E-state index in [1.54, 1.807) is 0 Å². The predicted molar refractivity (Wildman–Crippen MR) is 56.2 cm³/mol. The van der Waals surface area contributed by atoms with E-state index in [9.17, 15) is 12.8 Å². The van der Waals surface area contributed by atoms with Gasteiger partial charge in [-0.15, -0.1) is 0 Å². The van der Waals surface area contributed by atoms with Gasteiger partial charge in [-0.1, -0.05) is 6.07 Å². The SMILES string of the molecule is NS(=O)(=O)c1c(F)cccc1C1=NOCCO1.